The molecule has 0 radical (unpaired) electrons. The highest BCUT2D eigenvalue weighted by Gasteiger charge is 2.20. The van der Waals surface area contributed by atoms with E-state index in [4.69, 9.17) is 4.98 Å². The summed E-state index contributed by atoms with van der Waals surface area (Å²) in [6.45, 7) is -0.00207. The number of hydrogen-bond acceptors (Lipinski definition) is 4. The first-order valence-electron chi connectivity index (χ1n) is 10.7. The van der Waals surface area contributed by atoms with Crippen LogP contribution in [0.25, 0.3) is 11.3 Å². The van der Waals surface area contributed by atoms with Crippen molar-refractivity contribution >= 4 is 11.7 Å². The molecule has 0 saturated heterocycles. The molecule has 160 valence electrons. The number of carbonyl (C=O) groups excluding carboxylic acids is 1. The van der Waals surface area contributed by atoms with Gasteiger partial charge in [0.05, 0.1) is 30.6 Å². The molecule has 5 nitrogen and oxygen atoms in total. The fourth-order valence-corrected chi connectivity index (χ4v) is 4.05. The number of aliphatic hydroxyl groups is 1. The van der Waals surface area contributed by atoms with Crippen LogP contribution in [0.3, 0.4) is 0 Å². The Kier molecular flexibility index (Phi) is 6.67. The SMILES string of the molecule is O=C(Cc1ccc(F)cc1)Nc1ncc(-c2ccc(CO)cc2)nc1CC1CCCC1. The number of rotatable bonds is 7. The van der Waals surface area contributed by atoms with E-state index in [1.54, 1.807) is 18.3 Å². The second-order valence-corrected chi connectivity index (χ2v) is 8.11. The number of aromatic nitrogens is 2. The van der Waals surface area contributed by atoms with Gasteiger partial charge in [-0.05, 0) is 35.6 Å². The number of anilines is 1. The van der Waals surface area contributed by atoms with Crippen molar-refractivity contribution in [3.05, 3.63) is 77.4 Å². The first-order valence-corrected chi connectivity index (χ1v) is 10.7. The topological polar surface area (TPSA) is 75.1 Å². The van der Waals surface area contributed by atoms with Gasteiger partial charge in [-0.1, -0.05) is 62.1 Å². The smallest absolute Gasteiger partial charge is 0.229 e. The number of halogens is 1. The summed E-state index contributed by atoms with van der Waals surface area (Å²) in [6.07, 6.45) is 7.38. The van der Waals surface area contributed by atoms with Gasteiger partial charge in [0.25, 0.3) is 0 Å². The van der Waals surface area contributed by atoms with Gasteiger partial charge in [0.2, 0.25) is 5.91 Å². The van der Waals surface area contributed by atoms with Crippen LogP contribution in [-0.4, -0.2) is 21.0 Å². The lowest BCUT2D eigenvalue weighted by molar-refractivity contribution is -0.115. The Morgan fingerprint density at radius 2 is 1.71 bits per heavy atom. The van der Waals surface area contributed by atoms with Crippen LogP contribution in [-0.2, 0) is 24.2 Å². The molecule has 1 heterocycles. The normalized spacial score (nSPS) is 14.0. The largest absolute Gasteiger partial charge is 0.392 e. The first kappa shape index (κ1) is 21.1. The molecule has 31 heavy (non-hydrogen) atoms. The lowest BCUT2D eigenvalue weighted by Gasteiger charge is -2.14. The van der Waals surface area contributed by atoms with E-state index in [1.165, 1.54) is 37.8 Å². The molecule has 0 bridgehead atoms. The molecule has 2 aromatic carbocycles. The van der Waals surface area contributed by atoms with Crippen LogP contribution in [0, 0.1) is 11.7 Å². The standard InChI is InChI=1S/C25H26FN3O2/c26-21-11-7-18(8-12-21)14-24(31)29-25-22(13-17-3-1-2-4-17)28-23(15-27-25)20-9-5-19(16-30)6-10-20/h5-12,15,17,30H,1-4,13-14,16H2,(H,27,29,31). The number of nitrogens with one attached hydrogen (secondary N) is 1. The molecule has 1 aliphatic rings. The molecule has 4 rings (SSSR count). The van der Waals surface area contributed by atoms with Crippen LogP contribution < -0.4 is 5.32 Å². The predicted molar refractivity (Wildman–Crippen MR) is 118 cm³/mol. The van der Waals surface area contributed by atoms with Gasteiger partial charge in [0.15, 0.2) is 5.82 Å². The summed E-state index contributed by atoms with van der Waals surface area (Å²) in [4.78, 5) is 22.0. The van der Waals surface area contributed by atoms with E-state index >= 15 is 0 Å². The van der Waals surface area contributed by atoms with Gasteiger partial charge >= 0.3 is 0 Å². The molecule has 0 atom stereocenters. The molecule has 1 amide bonds. The average molecular weight is 420 g/mol. The van der Waals surface area contributed by atoms with Crippen LogP contribution in [0.4, 0.5) is 10.2 Å². The summed E-state index contributed by atoms with van der Waals surface area (Å²) < 4.78 is 13.1. The Balaban J connectivity index is 1.55. The van der Waals surface area contributed by atoms with E-state index in [0.717, 1.165) is 34.5 Å². The summed E-state index contributed by atoms with van der Waals surface area (Å²) in [7, 11) is 0. The van der Waals surface area contributed by atoms with E-state index in [1.807, 2.05) is 24.3 Å². The van der Waals surface area contributed by atoms with Crippen molar-refractivity contribution in [1.82, 2.24) is 9.97 Å². The Morgan fingerprint density at radius 1 is 1.03 bits per heavy atom. The highest BCUT2D eigenvalue weighted by molar-refractivity contribution is 5.92. The van der Waals surface area contributed by atoms with Gasteiger partial charge in [-0.25, -0.2) is 14.4 Å². The quantitative estimate of drug-likeness (QED) is 0.583. The van der Waals surface area contributed by atoms with Gasteiger partial charge in [-0.3, -0.25) is 4.79 Å². The Hall–Kier alpha value is -3.12. The summed E-state index contributed by atoms with van der Waals surface area (Å²) in [6, 6.07) is 13.5. The zero-order valence-electron chi connectivity index (χ0n) is 17.4. The molecule has 1 fully saturated rings. The minimum Gasteiger partial charge on any atom is -0.392 e. The molecule has 6 heteroatoms. The maximum absolute atomic E-state index is 13.1. The second kappa shape index (κ2) is 9.79. The molecule has 0 aliphatic heterocycles. The summed E-state index contributed by atoms with van der Waals surface area (Å²) in [5.41, 5.74) is 4.04. The van der Waals surface area contributed by atoms with E-state index in [-0.39, 0.29) is 24.8 Å². The minimum atomic E-state index is -0.323. The van der Waals surface area contributed by atoms with Crippen molar-refractivity contribution in [3.63, 3.8) is 0 Å². The van der Waals surface area contributed by atoms with Crippen molar-refractivity contribution in [1.29, 1.82) is 0 Å². The molecular weight excluding hydrogens is 393 g/mol. The van der Waals surface area contributed by atoms with Crippen molar-refractivity contribution in [2.45, 2.75) is 45.1 Å². The molecule has 0 unspecified atom stereocenters. The third-order valence-corrected chi connectivity index (χ3v) is 5.77. The lowest BCUT2D eigenvalue weighted by Crippen LogP contribution is -2.18. The summed E-state index contributed by atoms with van der Waals surface area (Å²) >= 11 is 0. The lowest BCUT2D eigenvalue weighted by atomic mass is 10.0. The third-order valence-electron chi connectivity index (χ3n) is 5.77. The van der Waals surface area contributed by atoms with Gasteiger partial charge in [0, 0.05) is 5.56 Å². The average Bonchev–Trinajstić information content (AvgIpc) is 3.30. The number of aliphatic hydroxyl groups excluding tert-OH is 1. The fraction of sp³-hybridized carbons (Fsp3) is 0.320. The summed E-state index contributed by atoms with van der Waals surface area (Å²) in [5.74, 6) is 0.522. The van der Waals surface area contributed by atoms with Crippen molar-refractivity contribution in [3.8, 4) is 11.3 Å². The number of carbonyl (C=O) groups is 1. The predicted octanol–water partition coefficient (Wildman–Crippen LogP) is 4.69. The maximum atomic E-state index is 13.1. The Labute approximate surface area is 181 Å². The van der Waals surface area contributed by atoms with E-state index < -0.39 is 0 Å². The van der Waals surface area contributed by atoms with Crippen LogP contribution >= 0.6 is 0 Å². The summed E-state index contributed by atoms with van der Waals surface area (Å²) in [5, 5.41) is 12.2. The maximum Gasteiger partial charge on any atom is 0.229 e. The fourth-order valence-electron chi connectivity index (χ4n) is 4.05. The van der Waals surface area contributed by atoms with E-state index in [0.29, 0.717) is 11.7 Å². The molecule has 0 spiro atoms. The van der Waals surface area contributed by atoms with Crippen LogP contribution in [0.2, 0.25) is 0 Å². The number of benzene rings is 2. The highest BCUT2D eigenvalue weighted by Crippen LogP contribution is 2.30. The van der Waals surface area contributed by atoms with Crippen molar-refractivity contribution in [2.75, 3.05) is 5.32 Å². The first-order chi connectivity index (χ1) is 15.1. The van der Waals surface area contributed by atoms with E-state index in [9.17, 15) is 14.3 Å². The van der Waals surface area contributed by atoms with Gasteiger partial charge in [-0.2, -0.15) is 0 Å². The van der Waals surface area contributed by atoms with Crippen LogP contribution in [0.1, 0.15) is 42.5 Å². The van der Waals surface area contributed by atoms with Crippen molar-refractivity contribution < 1.29 is 14.3 Å². The van der Waals surface area contributed by atoms with Crippen LogP contribution in [0.15, 0.2) is 54.7 Å². The van der Waals surface area contributed by atoms with Crippen molar-refractivity contribution in [2.24, 2.45) is 5.92 Å². The van der Waals surface area contributed by atoms with E-state index in [2.05, 4.69) is 10.3 Å². The Morgan fingerprint density at radius 3 is 2.39 bits per heavy atom. The monoisotopic (exact) mass is 419 g/mol. The zero-order chi connectivity index (χ0) is 21.6. The zero-order valence-corrected chi connectivity index (χ0v) is 17.4. The second-order valence-electron chi connectivity index (χ2n) is 8.11. The van der Waals surface area contributed by atoms with Crippen LogP contribution in [0.5, 0.6) is 0 Å². The molecule has 3 aromatic rings. The molecule has 1 aliphatic carbocycles. The molecular formula is C25H26FN3O2. The highest BCUT2D eigenvalue weighted by atomic mass is 19.1. The minimum absolute atomic E-state index is 0.00207. The van der Waals surface area contributed by atoms with Gasteiger partial charge in [0.1, 0.15) is 5.82 Å². The molecule has 1 saturated carbocycles. The number of amides is 1. The number of nitrogens with zero attached hydrogens (tertiary/aromatic N) is 2. The molecule has 2 N–H and O–H groups in total. The number of hydrogen-bond donors (Lipinski definition) is 2. The third kappa shape index (κ3) is 5.52. The Bertz CT molecular complexity index is 1030. The van der Waals surface area contributed by atoms with Gasteiger partial charge < -0.3 is 10.4 Å². The van der Waals surface area contributed by atoms with Gasteiger partial charge in [-0.15, -0.1) is 0 Å². The molecule has 1 aromatic heterocycles.